The lowest BCUT2D eigenvalue weighted by Gasteiger charge is -2.71. The van der Waals surface area contributed by atoms with Crippen molar-refractivity contribution in [1.82, 2.24) is 10.2 Å². The Bertz CT molecular complexity index is 1610. The van der Waals surface area contributed by atoms with E-state index in [1.54, 1.807) is 29.8 Å². The van der Waals surface area contributed by atoms with E-state index in [1.807, 2.05) is 0 Å². The van der Waals surface area contributed by atoms with Crippen molar-refractivity contribution >= 4 is 29.0 Å². The van der Waals surface area contributed by atoms with Gasteiger partial charge in [-0.15, -0.1) is 0 Å². The molecule has 1 saturated heterocycles. The molecule has 5 aliphatic carbocycles. The van der Waals surface area contributed by atoms with Gasteiger partial charge < -0.3 is 15.2 Å². The minimum Gasteiger partial charge on any atom is -0.478 e. The van der Waals surface area contributed by atoms with E-state index < -0.39 is 5.97 Å². The third kappa shape index (κ3) is 6.06. The van der Waals surface area contributed by atoms with Gasteiger partial charge in [-0.25, -0.2) is 4.79 Å². The first-order valence-corrected chi connectivity index (χ1v) is 21.0. The van der Waals surface area contributed by atoms with Crippen LogP contribution in [0.4, 0.5) is 0 Å². The number of hydrogen-bond donors (Lipinski definition) is 2. The van der Waals surface area contributed by atoms with Gasteiger partial charge in [-0.05, 0) is 121 Å². The molecule has 1 heterocycles. The second-order valence-corrected chi connectivity index (χ2v) is 20.5. The molecule has 0 spiro atoms. The first-order chi connectivity index (χ1) is 24.5. The number of carboxylic acid groups (broad SMARTS) is 1. The molecule has 0 radical (unpaired) electrons. The molecule has 5 fully saturated rings. The van der Waals surface area contributed by atoms with E-state index in [4.69, 9.17) is 17.0 Å². The summed E-state index contributed by atoms with van der Waals surface area (Å²) >= 11 is 6.45. The Balaban J connectivity index is 1.14. The summed E-state index contributed by atoms with van der Waals surface area (Å²) in [6.07, 6.45) is 14.9. The molecule has 7 heteroatoms. The van der Waals surface area contributed by atoms with Gasteiger partial charge >= 0.3 is 5.97 Å². The number of rotatable bonds is 8. The Hall–Kier alpha value is -2.09. The summed E-state index contributed by atoms with van der Waals surface area (Å²) in [6.45, 7) is 23.4. The highest BCUT2D eigenvalue weighted by atomic mass is 32.1. The molecule has 0 bridgehead atoms. The van der Waals surface area contributed by atoms with Gasteiger partial charge in [0.1, 0.15) is 0 Å². The van der Waals surface area contributed by atoms with Crippen LogP contribution in [-0.2, 0) is 4.74 Å². The van der Waals surface area contributed by atoms with E-state index >= 15 is 0 Å². The van der Waals surface area contributed by atoms with Crippen LogP contribution in [0.15, 0.2) is 35.9 Å². The van der Waals surface area contributed by atoms with Crippen LogP contribution in [0.2, 0.25) is 0 Å². The zero-order valence-corrected chi connectivity index (χ0v) is 34.1. The van der Waals surface area contributed by atoms with E-state index in [2.05, 4.69) is 64.8 Å². The summed E-state index contributed by atoms with van der Waals surface area (Å²) in [5.41, 5.74) is 3.12. The summed E-state index contributed by atoms with van der Waals surface area (Å²) < 4.78 is 5.58. The van der Waals surface area contributed by atoms with E-state index in [0.29, 0.717) is 35.2 Å². The van der Waals surface area contributed by atoms with Gasteiger partial charge in [-0.1, -0.05) is 90.5 Å². The molecule has 1 unspecified atom stereocenters. The molecule has 286 valence electrons. The topological polar surface area (TPSA) is 78.9 Å². The number of aromatic carboxylic acids is 1. The van der Waals surface area contributed by atoms with Crippen LogP contribution < -0.4 is 5.32 Å². The highest BCUT2D eigenvalue weighted by Crippen LogP contribution is 2.76. The highest BCUT2D eigenvalue weighted by molar-refractivity contribution is 7.80. The first-order valence-electron chi connectivity index (χ1n) is 20.6. The number of ketones is 1. The van der Waals surface area contributed by atoms with Gasteiger partial charge in [-0.2, -0.15) is 0 Å². The Morgan fingerprint density at radius 1 is 0.904 bits per heavy atom. The third-order valence-corrected chi connectivity index (χ3v) is 17.6. The number of benzene rings is 1. The number of carbonyl (C=O) groups is 2. The fourth-order valence-electron chi connectivity index (χ4n) is 13.7. The van der Waals surface area contributed by atoms with Gasteiger partial charge in [-0.3, -0.25) is 9.69 Å². The molecule has 0 aromatic heterocycles. The number of fused-ring (bicyclic) bond motifs is 7. The Morgan fingerprint density at radius 2 is 1.60 bits per heavy atom. The predicted octanol–water partition coefficient (Wildman–Crippen LogP) is 9.62. The molecule has 1 aliphatic heterocycles. The zero-order valence-electron chi connectivity index (χ0n) is 33.2. The maximum absolute atomic E-state index is 13.7. The monoisotopic (exact) mass is 730 g/mol. The quantitative estimate of drug-likeness (QED) is 0.157. The number of allylic oxidation sites excluding steroid dienone is 2. The van der Waals surface area contributed by atoms with Gasteiger partial charge in [0.05, 0.1) is 23.8 Å². The van der Waals surface area contributed by atoms with Gasteiger partial charge in [0, 0.05) is 43.6 Å². The van der Waals surface area contributed by atoms with Crippen molar-refractivity contribution in [3.05, 3.63) is 47.0 Å². The molecule has 52 heavy (non-hydrogen) atoms. The highest BCUT2D eigenvalue weighted by Gasteiger charge is 2.68. The number of nitrogens with zero attached hydrogens (tertiary/aromatic N) is 1. The summed E-state index contributed by atoms with van der Waals surface area (Å²) in [6, 6.07) is 6.76. The van der Waals surface area contributed by atoms with Gasteiger partial charge in [0.2, 0.25) is 0 Å². The van der Waals surface area contributed by atoms with Crippen LogP contribution in [0.25, 0.3) is 0 Å². The molecule has 2 N–H and O–H groups in total. The van der Waals surface area contributed by atoms with Gasteiger partial charge in [0.25, 0.3) is 0 Å². The number of thiocarbonyl (C=S) groups is 1. The minimum absolute atomic E-state index is 0.0127. The van der Waals surface area contributed by atoms with E-state index in [0.717, 1.165) is 63.6 Å². The van der Waals surface area contributed by atoms with Gasteiger partial charge in [0.15, 0.2) is 5.78 Å². The largest absolute Gasteiger partial charge is 0.478 e. The van der Waals surface area contributed by atoms with Crippen molar-refractivity contribution in [3.63, 3.8) is 0 Å². The van der Waals surface area contributed by atoms with Crippen LogP contribution in [0.3, 0.4) is 0 Å². The van der Waals surface area contributed by atoms with Crippen molar-refractivity contribution in [2.24, 2.45) is 56.2 Å². The predicted molar refractivity (Wildman–Crippen MR) is 213 cm³/mol. The smallest absolute Gasteiger partial charge is 0.336 e. The van der Waals surface area contributed by atoms with Crippen molar-refractivity contribution in [2.75, 3.05) is 39.4 Å². The molecule has 7 rings (SSSR count). The first kappa shape index (κ1) is 38.2. The molecule has 4 saturated carbocycles. The average molecular weight is 731 g/mol. The van der Waals surface area contributed by atoms with Crippen LogP contribution in [0.1, 0.15) is 140 Å². The Morgan fingerprint density at radius 3 is 2.31 bits per heavy atom. The number of ether oxygens (including phenoxy) is 1. The fourth-order valence-corrected chi connectivity index (χ4v) is 14.1. The van der Waals surface area contributed by atoms with E-state index in [9.17, 15) is 14.7 Å². The maximum atomic E-state index is 13.7. The number of nitrogens with one attached hydrogen (secondary N) is 1. The Labute approximate surface area is 319 Å². The van der Waals surface area contributed by atoms with E-state index in [1.165, 1.54) is 44.9 Å². The molecule has 1 aromatic carbocycles. The standard InChI is InChI=1S/C45H66N2O4S/c1-40(2)18-20-45(39(52)46-22-23-47-24-26-51-27-25-47)21-19-43(6)33(34(45)29-40)12-13-37-42(5)16-14-30(41(3,4)36(42)15-17-44(37,43)7)28-35(48)31-10-8-9-11-32(31)38(49)50/h8-12,30,34,36-37H,13-29H2,1-7H3,(H,46,52)(H,49,50)/t30-,34+,36?,37-,42+,43-,44-,45+/m1/s1. The molecular formula is C45H66N2O4S. The average Bonchev–Trinajstić information content (AvgIpc) is 3.10. The lowest BCUT2D eigenvalue weighted by atomic mass is 9.33. The fraction of sp³-hybridized carbons (Fsp3) is 0.756. The third-order valence-electron chi connectivity index (χ3n) is 17.0. The number of carbonyl (C=O) groups excluding carboxylic acids is 1. The van der Waals surface area contributed by atoms with Crippen LogP contribution in [0.5, 0.6) is 0 Å². The molecule has 6 aliphatic rings. The summed E-state index contributed by atoms with van der Waals surface area (Å²) in [7, 11) is 0. The second-order valence-electron chi connectivity index (χ2n) is 20.1. The molecule has 8 atom stereocenters. The van der Waals surface area contributed by atoms with Crippen molar-refractivity contribution < 1.29 is 19.4 Å². The number of Topliss-reactive ketones (excluding diaryl/α,β-unsaturated/α-hetero) is 1. The van der Waals surface area contributed by atoms with Crippen molar-refractivity contribution in [1.29, 1.82) is 0 Å². The number of hydrogen-bond acceptors (Lipinski definition) is 5. The summed E-state index contributed by atoms with van der Waals surface area (Å²) in [5.74, 6) is 0.812. The van der Waals surface area contributed by atoms with Crippen LogP contribution in [0, 0.1) is 56.2 Å². The SMILES string of the molecule is CC1(C)CC[C@]2(C(=S)NCCN3CCOCC3)CC[C@]3(C)C(=CC[C@@H]4[C@@]5(C)CC[C@H](CC(=O)c6ccccc6C(=O)O)C(C)(C)C5CC[C@]43C)[C@@H]2C1. The maximum Gasteiger partial charge on any atom is 0.336 e. The number of carboxylic acids is 1. The second kappa shape index (κ2) is 13.6. The lowest BCUT2D eigenvalue weighted by molar-refractivity contribution is -0.189. The lowest BCUT2D eigenvalue weighted by Crippen LogP contribution is -2.65. The van der Waals surface area contributed by atoms with Crippen LogP contribution >= 0.6 is 12.2 Å². The Kier molecular flexibility index (Phi) is 9.98. The molecule has 1 aromatic rings. The molecule has 0 amide bonds. The number of morpholine rings is 1. The summed E-state index contributed by atoms with van der Waals surface area (Å²) in [5, 5.41) is 13.6. The van der Waals surface area contributed by atoms with Crippen molar-refractivity contribution in [2.45, 2.75) is 119 Å². The van der Waals surface area contributed by atoms with Crippen LogP contribution in [-0.4, -0.2) is 66.1 Å². The minimum atomic E-state index is -1.03. The van der Waals surface area contributed by atoms with E-state index in [-0.39, 0.29) is 44.3 Å². The molecular weight excluding hydrogens is 665 g/mol. The normalized spacial score (nSPS) is 39.5. The summed E-state index contributed by atoms with van der Waals surface area (Å²) in [4.78, 5) is 29.3. The van der Waals surface area contributed by atoms with Crippen molar-refractivity contribution in [3.8, 4) is 0 Å². The zero-order chi connectivity index (χ0) is 37.3. The molecule has 6 nitrogen and oxygen atoms in total.